The van der Waals surface area contributed by atoms with E-state index in [-0.39, 0.29) is 5.43 Å². The van der Waals surface area contributed by atoms with E-state index in [9.17, 15) is 4.79 Å². The second-order valence-corrected chi connectivity index (χ2v) is 5.99. The lowest BCUT2D eigenvalue weighted by atomic mass is 10.1. The van der Waals surface area contributed by atoms with Crippen LogP contribution in [0.3, 0.4) is 0 Å². The lowest BCUT2D eigenvalue weighted by Crippen LogP contribution is -2.11. The first-order valence-electron chi connectivity index (χ1n) is 7.90. The molecule has 1 aromatic heterocycles. The Kier molecular flexibility index (Phi) is 3.95. The van der Waals surface area contributed by atoms with Gasteiger partial charge in [-0.1, -0.05) is 24.6 Å². The molecule has 3 heteroatoms. The Bertz CT molecular complexity index is 921. The van der Waals surface area contributed by atoms with E-state index >= 15 is 0 Å². The largest absolute Gasteiger partial charge is 0.457 e. The molecule has 1 N–H and O–H groups in total. The summed E-state index contributed by atoms with van der Waals surface area (Å²) in [5, 5.41) is 0.674. The Labute approximate surface area is 135 Å². The average molecular weight is 307 g/mol. The Hall–Kier alpha value is -2.55. The van der Waals surface area contributed by atoms with Crippen LogP contribution in [-0.4, -0.2) is 4.98 Å². The molecule has 0 saturated carbocycles. The van der Waals surface area contributed by atoms with Crippen molar-refractivity contribution in [3.05, 3.63) is 69.0 Å². The van der Waals surface area contributed by atoms with Crippen molar-refractivity contribution in [2.24, 2.45) is 0 Å². The van der Waals surface area contributed by atoms with Crippen LogP contribution in [0.15, 0.2) is 41.2 Å². The molecule has 23 heavy (non-hydrogen) atoms. The molecule has 0 fully saturated rings. The van der Waals surface area contributed by atoms with E-state index in [1.54, 1.807) is 0 Å². The van der Waals surface area contributed by atoms with Crippen LogP contribution in [0.5, 0.6) is 11.5 Å². The van der Waals surface area contributed by atoms with Crippen LogP contribution in [0.25, 0.3) is 10.9 Å². The predicted octanol–water partition coefficient (Wildman–Crippen LogP) is 4.81. The number of aromatic amines is 1. The molecule has 0 spiro atoms. The molecule has 0 bridgehead atoms. The number of fused-ring (bicyclic) bond motifs is 1. The van der Waals surface area contributed by atoms with Gasteiger partial charge in [0.15, 0.2) is 5.43 Å². The van der Waals surface area contributed by atoms with Crippen molar-refractivity contribution < 1.29 is 4.74 Å². The van der Waals surface area contributed by atoms with Crippen LogP contribution in [0, 0.1) is 20.8 Å². The van der Waals surface area contributed by atoms with Crippen molar-refractivity contribution in [3.8, 4) is 11.5 Å². The van der Waals surface area contributed by atoms with Crippen LogP contribution in [0.2, 0.25) is 0 Å². The summed E-state index contributed by atoms with van der Waals surface area (Å²) in [6.45, 7) is 7.95. The molecule has 0 atom stereocenters. The minimum Gasteiger partial charge on any atom is -0.457 e. The van der Waals surface area contributed by atoms with Gasteiger partial charge in [0.25, 0.3) is 0 Å². The molecule has 118 valence electrons. The monoisotopic (exact) mass is 307 g/mol. The van der Waals surface area contributed by atoms with Gasteiger partial charge in [0, 0.05) is 16.6 Å². The van der Waals surface area contributed by atoms with Gasteiger partial charge < -0.3 is 9.72 Å². The van der Waals surface area contributed by atoms with Crippen LogP contribution in [0.4, 0.5) is 0 Å². The van der Waals surface area contributed by atoms with Crippen molar-refractivity contribution in [3.63, 3.8) is 0 Å². The lowest BCUT2D eigenvalue weighted by Gasteiger charge is -2.12. The fourth-order valence-electron chi connectivity index (χ4n) is 2.77. The second-order valence-electron chi connectivity index (χ2n) is 5.99. The number of benzene rings is 2. The number of pyridine rings is 1. The van der Waals surface area contributed by atoms with Crippen molar-refractivity contribution in [1.82, 2.24) is 4.98 Å². The first-order valence-corrected chi connectivity index (χ1v) is 7.90. The Morgan fingerprint density at radius 2 is 1.74 bits per heavy atom. The van der Waals surface area contributed by atoms with E-state index in [2.05, 4.69) is 4.98 Å². The lowest BCUT2D eigenvalue weighted by molar-refractivity contribution is 0.479. The maximum absolute atomic E-state index is 12.6. The minimum atomic E-state index is 0.0735. The highest BCUT2D eigenvalue weighted by atomic mass is 16.5. The number of hydrogen-bond acceptors (Lipinski definition) is 2. The van der Waals surface area contributed by atoms with Crippen molar-refractivity contribution in [2.45, 2.75) is 34.1 Å². The fourth-order valence-corrected chi connectivity index (χ4v) is 2.77. The van der Waals surface area contributed by atoms with Crippen molar-refractivity contribution in [1.29, 1.82) is 0 Å². The number of aromatic nitrogens is 1. The third kappa shape index (κ3) is 2.87. The number of nitrogens with one attached hydrogen (secondary N) is 1. The summed E-state index contributed by atoms with van der Waals surface area (Å²) < 4.78 is 5.97. The van der Waals surface area contributed by atoms with E-state index in [1.165, 1.54) is 5.56 Å². The van der Waals surface area contributed by atoms with E-state index in [1.807, 2.05) is 64.1 Å². The molecule has 0 amide bonds. The number of aryl methyl sites for hydroxylation is 3. The third-order valence-electron chi connectivity index (χ3n) is 4.24. The van der Waals surface area contributed by atoms with Gasteiger partial charge in [0.05, 0.1) is 5.52 Å². The first kappa shape index (κ1) is 15.3. The number of rotatable bonds is 3. The summed E-state index contributed by atoms with van der Waals surface area (Å²) in [6, 6.07) is 11.7. The normalized spacial score (nSPS) is 11.0. The molecular formula is C20H21NO2. The molecular weight excluding hydrogens is 286 g/mol. The molecule has 0 saturated heterocycles. The van der Waals surface area contributed by atoms with E-state index in [0.29, 0.717) is 5.39 Å². The quantitative estimate of drug-likeness (QED) is 0.754. The summed E-state index contributed by atoms with van der Waals surface area (Å²) >= 11 is 0. The molecule has 0 unspecified atom stereocenters. The van der Waals surface area contributed by atoms with Crippen molar-refractivity contribution >= 4 is 10.9 Å². The highest BCUT2D eigenvalue weighted by molar-refractivity contribution is 5.82. The summed E-state index contributed by atoms with van der Waals surface area (Å²) in [4.78, 5) is 16.0. The van der Waals surface area contributed by atoms with Crippen LogP contribution in [0.1, 0.15) is 29.3 Å². The molecule has 2 aromatic carbocycles. The number of ether oxygens (including phenoxy) is 1. The minimum absolute atomic E-state index is 0.0735. The maximum Gasteiger partial charge on any atom is 0.192 e. The van der Waals surface area contributed by atoms with E-state index < -0.39 is 0 Å². The van der Waals surface area contributed by atoms with Gasteiger partial charge in [-0.05, 0) is 57.0 Å². The summed E-state index contributed by atoms with van der Waals surface area (Å²) in [5.74, 6) is 1.49. The van der Waals surface area contributed by atoms with Crippen LogP contribution >= 0.6 is 0 Å². The van der Waals surface area contributed by atoms with E-state index in [4.69, 9.17) is 4.74 Å². The molecule has 3 rings (SSSR count). The Balaban J connectivity index is 2.12. The molecule has 0 aliphatic heterocycles. The van der Waals surface area contributed by atoms with Crippen LogP contribution in [-0.2, 0) is 6.42 Å². The van der Waals surface area contributed by atoms with Gasteiger partial charge in [-0.25, -0.2) is 0 Å². The van der Waals surface area contributed by atoms with Gasteiger partial charge in [-0.3, -0.25) is 4.79 Å². The Morgan fingerprint density at radius 1 is 1.04 bits per heavy atom. The topological polar surface area (TPSA) is 42.1 Å². The Morgan fingerprint density at radius 3 is 2.39 bits per heavy atom. The predicted molar refractivity (Wildman–Crippen MR) is 94.7 cm³/mol. The zero-order valence-electron chi connectivity index (χ0n) is 14.0. The standard InChI is InChI=1S/C20H21NO2/c1-5-17-14(4)20(22)16-11-19(13(3)10-18(16)21-17)23-15-8-6-12(2)7-9-15/h6-11H,5H2,1-4H3,(H,21,22). The fraction of sp³-hybridized carbons (Fsp3) is 0.250. The second kappa shape index (κ2) is 5.92. The molecule has 0 aliphatic rings. The maximum atomic E-state index is 12.6. The van der Waals surface area contributed by atoms with Gasteiger partial charge >= 0.3 is 0 Å². The molecule has 0 radical (unpaired) electrons. The molecule has 0 aliphatic carbocycles. The van der Waals surface area contributed by atoms with Crippen LogP contribution < -0.4 is 10.2 Å². The summed E-state index contributed by atoms with van der Waals surface area (Å²) in [7, 11) is 0. The summed E-state index contributed by atoms with van der Waals surface area (Å²) in [6.07, 6.45) is 0.817. The average Bonchev–Trinajstić information content (AvgIpc) is 2.54. The van der Waals surface area contributed by atoms with Gasteiger partial charge in [0.1, 0.15) is 11.5 Å². The highest BCUT2D eigenvalue weighted by Crippen LogP contribution is 2.28. The SMILES string of the molecule is CCc1[nH]c2cc(C)c(Oc3ccc(C)cc3)cc2c(=O)c1C. The molecule has 3 nitrogen and oxygen atoms in total. The molecule has 3 aromatic rings. The van der Waals surface area contributed by atoms with E-state index in [0.717, 1.165) is 40.3 Å². The van der Waals surface area contributed by atoms with Gasteiger partial charge in [-0.2, -0.15) is 0 Å². The zero-order valence-corrected chi connectivity index (χ0v) is 14.0. The smallest absolute Gasteiger partial charge is 0.192 e. The first-order chi connectivity index (χ1) is 11.0. The number of H-pyrrole nitrogens is 1. The summed E-state index contributed by atoms with van der Waals surface area (Å²) in [5.41, 5.74) is 4.90. The zero-order chi connectivity index (χ0) is 16.6. The highest BCUT2D eigenvalue weighted by Gasteiger charge is 2.11. The van der Waals surface area contributed by atoms with Crippen molar-refractivity contribution in [2.75, 3.05) is 0 Å². The third-order valence-corrected chi connectivity index (χ3v) is 4.24. The van der Waals surface area contributed by atoms with Gasteiger partial charge in [0.2, 0.25) is 0 Å². The molecule has 1 heterocycles. The number of hydrogen-bond donors (Lipinski definition) is 1. The van der Waals surface area contributed by atoms with Gasteiger partial charge in [-0.15, -0.1) is 0 Å².